The van der Waals surface area contributed by atoms with Gasteiger partial charge in [0.2, 0.25) is 5.91 Å². The minimum absolute atomic E-state index is 0.0463. The summed E-state index contributed by atoms with van der Waals surface area (Å²) < 4.78 is 6.68. The Bertz CT molecular complexity index is 1370. The van der Waals surface area contributed by atoms with E-state index in [2.05, 4.69) is 5.10 Å². The van der Waals surface area contributed by atoms with E-state index in [0.717, 1.165) is 24.0 Å². The van der Waals surface area contributed by atoms with Crippen molar-refractivity contribution in [2.75, 3.05) is 19.1 Å². The maximum atomic E-state index is 13.6. The molecule has 4 aromatic rings. The van der Waals surface area contributed by atoms with Gasteiger partial charge < -0.3 is 9.64 Å². The predicted molar refractivity (Wildman–Crippen MR) is 124 cm³/mol. The first kappa shape index (κ1) is 20.1. The van der Waals surface area contributed by atoms with E-state index in [1.54, 1.807) is 19.1 Å². The molecule has 2 heterocycles. The number of aromatic nitrogens is 3. The highest BCUT2D eigenvalue weighted by molar-refractivity contribution is 6.03. The van der Waals surface area contributed by atoms with Crippen LogP contribution >= 0.6 is 0 Å². The van der Waals surface area contributed by atoms with Gasteiger partial charge in [0.1, 0.15) is 11.4 Å². The summed E-state index contributed by atoms with van der Waals surface area (Å²) in [5, 5.41) is 3.23. The van der Waals surface area contributed by atoms with Crippen molar-refractivity contribution in [3.63, 3.8) is 0 Å². The highest BCUT2D eigenvalue weighted by Gasteiger charge is 2.35. The summed E-state index contributed by atoms with van der Waals surface area (Å²) in [5.74, 6) is 0.814. The van der Waals surface area contributed by atoms with Crippen molar-refractivity contribution in [2.24, 2.45) is 5.92 Å². The molecule has 5 rings (SSSR count). The third-order valence-electron chi connectivity index (χ3n) is 5.97. The average molecular weight is 428 g/mol. The van der Waals surface area contributed by atoms with Gasteiger partial charge in [0.15, 0.2) is 5.65 Å². The number of H-pyrrole nitrogens is 1. The van der Waals surface area contributed by atoms with Gasteiger partial charge in [-0.2, -0.15) is 4.52 Å². The van der Waals surface area contributed by atoms with Crippen molar-refractivity contribution in [3.8, 4) is 28.1 Å². The molecule has 7 heteroatoms. The molecule has 0 bridgehead atoms. The quantitative estimate of drug-likeness (QED) is 0.520. The zero-order valence-electron chi connectivity index (χ0n) is 18.3. The number of carbonyl (C=O) groups excluding carboxylic acids is 1. The van der Waals surface area contributed by atoms with E-state index in [-0.39, 0.29) is 17.4 Å². The van der Waals surface area contributed by atoms with Gasteiger partial charge in [-0.3, -0.25) is 14.7 Å². The third kappa shape index (κ3) is 3.26. The molecule has 162 valence electrons. The second-order valence-corrected chi connectivity index (χ2v) is 8.14. The Balaban J connectivity index is 1.75. The minimum Gasteiger partial charge on any atom is -0.497 e. The van der Waals surface area contributed by atoms with Crippen molar-refractivity contribution in [1.82, 2.24) is 14.6 Å². The third-order valence-corrected chi connectivity index (χ3v) is 5.97. The van der Waals surface area contributed by atoms with Crippen molar-refractivity contribution < 1.29 is 9.53 Å². The number of rotatable bonds is 5. The number of carbonyl (C=O) groups is 1. The first-order valence-corrected chi connectivity index (χ1v) is 10.6. The molecule has 1 aliphatic carbocycles. The van der Waals surface area contributed by atoms with Gasteiger partial charge >= 0.3 is 0 Å². The molecule has 1 aliphatic rings. The van der Waals surface area contributed by atoms with Gasteiger partial charge in [0.05, 0.1) is 24.1 Å². The number of aryl methyl sites for hydroxylation is 1. The molecule has 1 fully saturated rings. The molecule has 1 amide bonds. The summed E-state index contributed by atoms with van der Waals surface area (Å²) in [6, 6.07) is 17.0. The Hall–Kier alpha value is -3.87. The van der Waals surface area contributed by atoms with Crippen LogP contribution in [0.15, 0.2) is 59.4 Å². The normalized spacial score (nSPS) is 13.3. The van der Waals surface area contributed by atoms with Crippen LogP contribution in [-0.4, -0.2) is 34.7 Å². The van der Waals surface area contributed by atoms with Crippen LogP contribution in [0.1, 0.15) is 18.5 Å². The molecule has 0 radical (unpaired) electrons. The Morgan fingerprint density at radius 3 is 2.41 bits per heavy atom. The molecule has 7 nitrogen and oxygen atoms in total. The van der Waals surface area contributed by atoms with Crippen LogP contribution in [0.25, 0.3) is 28.0 Å². The van der Waals surface area contributed by atoms with Crippen LogP contribution in [-0.2, 0) is 4.79 Å². The molecule has 0 spiro atoms. The van der Waals surface area contributed by atoms with Crippen LogP contribution < -0.4 is 15.2 Å². The largest absolute Gasteiger partial charge is 0.497 e. The van der Waals surface area contributed by atoms with Gasteiger partial charge in [0, 0.05) is 18.5 Å². The molecule has 0 saturated heterocycles. The van der Waals surface area contributed by atoms with Crippen LogP contribution in [0, 0.1) is 12.8 Å². The van der Waals surface area contributed by atoms with Crippen LogP contribution in [0.5, 0.6) is 5.75 Å². The maximum absolute atomic E-state index is 13.6. The number of fused-ring (bicyclic) bond motifs is 1. The Morgan fingerprint density at radius 1 is 1.09 bits per heavy atom. The number of aromatic amines is 1. The number of nitrogens with one attached hydrogen (secondary N) is 1. The molecule has 0 atom stereocenters. The van der Waals surface area contributed by atoms with E-state index < -0.39 is 0 Å². The second-order valence-electron chi connectivity index (χ2n) is 8.14. The molecule has 1 saturated carbocycles. The standard InChI is InChI=1S/C25H24N4O3/c1-15-20(16-11-13-19(32-3)14-12-16)25(31)29-23(26-15)22(28(2)24(30)18-9-10-18)21(27-29)17-7-5-4-6-8-17/h4-8,11-14,18,27H,9-10H2,1-3H3. The lowest BCUT2D eigenvalue weighted by Crippen LogP contribution is -2.28. The van der Waals surface area contributed by atoms with Gasteiger partial charge in [-0.25, -0.2) is 4.98 Å². The fourth-order valence-corrected chi connectivity index (χ4v) is 4.09. The van der Waals surface area contributed by atoms with E-state index in [1.807, 2.05) is 61.5 Å². The first-order valence-electron chi connectivity index (χ1n) is 10.6. The van der Waals surface area contributed by atoms with Crippen molar-refractivity contribution in [3.05, 3.63) is 70.6 Å². The summed E-state index contributed by atoms with van der Waals surface area (Å²) in [5.41, 5.74) is 4.30. The van der Waals surface area contributed by atoms with E-state index in [4.69, 9.17) is 9.72 Å². The number of benzene rings is 2. The lowest BCUT2D eigenvalue weighted by molar-refractivity contribution is -0.119. The van der Waals surface area contributed by atoms with Crippen LogP contribution in [0.2, 0.25) is 0 Å². The number of ether oxygens (including phenoxy) is 1. The van der Waals surface area contributed by atoms with Gasteiger partial charge in [0.25, 0.3) is 5.56 Å². The minimum atomic E-state index is -0.214. The smallest absolute Gasteiger partial charge is 0.280 e. The van der Waals surface area contributed by atoms with Crippen molar-refractivity contribution in [2.45, 2.75) is 19.8 Å². The molecular formula is C25H24N4O3. The van der Waals surface area contributed by atoms with E-state index in [0.29, 0.717) is 34.0 Å². The van der Waals surface area contributed by atoms with Crippen molar-refractivity contribution in [1.29, 1.82) is 0 Å². The maximum Gasteiger partial charge on any atom is 0.280 e. The van der Waals surface area contributed by atoms with Crippen LogP contribution in [0.3, 0.4) is 0 Å². The number of nitrogens with zero attached hydrogens (tertiary/aromatic N) is 3. The summed E-state index contributed by atoms with van der Waals surface area (Å²) in [6.45, 7) is 1.82. The van der Waals surface area contributed by atoms with Crippen molar-refractivity contribution >= 4 is 17.2 Å². The topological polar surface area (TPSA) is 79.7 Å². The molecule has 0 unspecified atom stereocenters. The molecule has 0 aliphatic heterocycles. The summed E-state index contributed by atoms with van der Waals surface area (Å²) >= 11 is 0. The van der Waals surface area contributed by atoms with E-state index in [9.17, 15) is 9.59 Å². The van der Waals surface area contributed by atoms with Gasteiger partial charge in [-0.15, -0.1) is 0 Å². The Labute approximate surface area is 185 Å². The average Bonchev–Trinajstić information content (AvgIpc) is 3.60. The Kier molecular flexibility index (Phi) is 4.81. The van der Waals surface area contributed by atoms with E-state index in [1.165, 1.54) is 4.52 Å². The fraction of sp³-hybridized carbons (Fsp3) is 0.240. The zero-order valence-corrected chi connectivity index (χ0v) is 18.3. The summed E-state index contributed by atoms with van der Waals surface area (Å²) in [4.78, 5) is 33.0. The fourth-order valence-electron chi connectivity index (χ4n) is 4.09. The zero-order chi connectivity index (χ0) is 22.4. The summed E-state index contributed by atoms with van der Waals surface area (Å²) in [7, 11) is 3.36. The Morgan fingerprint density at radius 2 is 1.78 bits per heavy atom. The number of amides is 1. The monoisotopic (exact) mass is 428 g/mol. The number of anilines is 1. The predicted octanol–water partition coefficient (Wildman–Crippen LogP) is 4.05. The molecule has 2 aromatic carbocycles. The lowest BCUT2D eigenvalue weighted by Gasteiger charge is -2.17. The van der Waals surface area contributed by atoms with Crippen LogP contribution in [0.4, 0.5) is 5.69 Å². The summed E-state index contributed by atoms with van der Waals surface area (Å²) in [6.07, 6.45) is 1.81. The molecule has 1 N–H and O–H groups in total. The SMILES string of the molecule is COc1ccc(-c2c(C)nc3c(N(C)C(=O)C4CC4)c(-c4ccccc4)[nH]n3c2=O)cc1. The number of hydrogen-bond donors (Lipinski definition) is 1. The molecular weight excluding hydrogens is 404 g/mol. The number of methoxy groups -OCH3 is 1. The molecule has 2 aromatic heterocycles. The van der Waals surface area contributed by atoms with E-state index >= 15 is 0 Å². The highest BCUT2D eigenvalue weighted by Crippen LogP contribution is 2.37. The molecule has 32 heavy (non-hydrogen) atoms. The number of hydrogen-bond acceptors (Lipinski definition) is 4. The van der Waals surface area contributed by atoms with Gasteiger partial charge in [-0.1, -0.05) is 42.5 Å². The first-order chi connectivity index (χ1) is 15.5. The van der Waals surface area contributed by atoms with Gasteiger partial charge in [-0.05, 0) is 37.5 Å². The lowest BCUT2D eigenvalue weighted by atomic mass is 10.1. The highest BCUT2D eigenvalue weighted by atomic mass is 16.5. The second kappa shape index (κ2) is 7.67.